The van der Waals surface area contributed by atoms with Gasteiger partial charge < -0.3 is 14.6 Å². The van der Waals surface area contributed by atoms with Gasteiger partial charge >= 0.3 is 11.9 Å². The first-order valence-corrected chi connectivity index (χ1v) is 9.02. The van der Waals surface area contributed by atoms with E-state index in [1.807, 2.05) is 0 Å². The number of nitrogens with zero attached hydrogens (tertiary/aromatic N) is 2. The van der Waals surface area contributed by atoms with Crippen molar-refractivity contribution in [1.29, 1.82) is 0 Å². The lowest BCUT2D eigenvalue weighted by atomic mass is 9.96. The minimum absolute atomic E-state index is 0.136. The lowest BCUT2D eigenvalue weighted by Gasteiger charge is -2.34. The van der Waals surface area contributed by atoms with Crippen LogP contribution in [0.5, 0.6) is 0 Å². The lowest BCUT2D eigenvalue weighted by Crippen LogP contribution is -2.42. The summed E-state index contributed by atoms with van der Waals surface area (Å²) in [5.74, 6) is -1.55. The summed E-state index contributed by atoms with van der Waals surface area (Å²) in [4.78, 5) is 31.9. The van der Waals surface area contributed by atoms with Crippen molar-refractivity contribution < 1.29 is 22.4 Å². The molecular formula is C19H17F3N4O3. The van der Waals surface area contributed by atoms with Crippen molar-refractivity contribution in [2.24, 2.45) is 5.92 Å². The number of piperidine rings is 1. The molecule has 152 valence electrons. The maximum absolute atomic E-state index is 13.3. The van der Waals surface area contributed by atoms with E-state index in [0.717, 1.165) is 6.07 Å². The highest BCUT2D eigenvalue weighted by atomic mass is 19.4. The molecule has 7 nitrogen and oxygen atoms in total. The van der Waals surface area contributed by atoms with E-state index in [9.17, 15) is 22.8 Å². The number of nitrogens with one attached hydrogen (secondary N) is 2. The first kappa shape index (κ1) is 19.0. The molecule has 2 N–H and O–H groups in total. The highest BCUT2D eigenvalue weighted by Gasteiger charge is 2.37. The molecule has 1 aromatic carbocycles. The number of halogens is 3. The third-order valence-electron chi connectivity index (χ3n) is 4.87. The summed E-state index contributed by atoms with van der Waals surface area (Å²) in [7, 11) is 0. The Balaban J connectivity index is 1.51. The molecule has 0 saturated carbocycles. The van der Waals surface area contributed by atoms with Crippen LogP contribution in [0.4, 0.5) is 24.7 Å². The van der Waals surface area contributed by atoms with Crippen molar-refractivity contribution in [1.82, 2.24) is 9.97 Å². The summed E-state index contributed by atoms with van der Waals surface area (Å²) in [6, 6.07) is 6.96. The largest absolute Gasteiger partial charge is 0.419 e. The van der Waals surface area contributed by atoms with Gasteiger partial charge in [0.05, 0.1) is 17.0 Å². The van der Waals surface area contributed by atoms with Crippen LogP contribution in [0.1, 0.15) is 18.4 Å². The maximum atomic E-state index is 13.3. The summed E-state index contributed by atoms with van der Waals surface area (Å²) in [6.07, 6.45) is -2.08. The molecule has 10 heteroatoms. The molecule has 0 bridgehead atoms. The normalized spacial score (nSPS) is 17.5. The predicted octanol–water partition coefficient (Wildman–Crippen LogP) is 3.39. The van der Waals surface area contributed by atoms with Gasteiger partial charge in [0.15, 0.2) is 5.58 Å². The second kappa shape index (κ2) is 7.26. The standard InChI is InChI=1S/C19H17F3N4O3/c20-19(21,22)13-4-1-7-23-16(13)26-8-2-3-11(10-26)17(27)24-12-5-6-15-14(9-12)25-18(28)29-15/h1,4-7,9,11H,2-3,8,10H2,(H,24,27)(H,25,28)/t11-/m0/s1. The summed E-state index contributed by atoms with van der Waals surface area (Å²) in [5, 5.41) is 2.76. The van der Waals surface area contributed by atoms with Crippen LogP contribution >= 0.6 is 0 Å². The average Bonchev–Trinajstić information content (AvgIpc) is 3.06. The summed E-state index contributed by atoms with van der Waals surface area (Å²) < 4.78 is 44.8. The zero-order chi connectivity index (χ0) is 20.6. The van der Waals surface area contributed by atoms with Gasteiger partial charge in [0.25, 0.3) is 0 Å². The number of rotatable bonds is 3. The fourth-order valence-corrected chi connectivity index (χ4v) is 3.53. The number of aromatic amines is 1. The number of anilines is 2. The number of amides is 1. The molecule has 1 saturated heterocycles. The Kier molecular flexibility index (Phi) is 4.77. The van der Waals surface area contributed by atoms with Gasteiger partial charge in [-0.15, -0.1) is 0 Å². The van der Waals surface area contributed by atoms with Crippen molar-refractivity contribution >= 4 is 28.5 Å². The van der Waals surface area contributed by atoms with Crippen LogP contribution in [0.15, 0.2) is 45.7 Å². The van der Waals surface area contributed by atoms with E-state index in [2.05, 4.69) is 15.3 Å². The Morgan fingerprint density at radius 2 is 2.14 bits per heavy atom. The van der Waals surface area contributed by atoms with Crippen LogP contribution in [-0.2, 0) is 11.0 Å². The van der Waals surface area contributed by atoms with Gasteiger partial charge in [-0.3, -0.25) is 9.78 Å². The van der Waals surface area contributed by atoms with Gasteiger partial charge in [0.2, 0.25) is 5.91 Å². The molecule has 3 heterocycles. The average molecular weight is 406 g/mol. The van der Waals surface area contributed by atoms with Gasteiger partial charge in [0, 0.05) is 25.0 Å². The van der Waals surface area contributed by atoms with Crippen molar-refractivity contribution in [2.45, 2.75) is 19.0 Å². The van der Waals surface area contributed by atoms with Gasteiger partial charge in [-0.2, -0.15) is 13.2 Å². The van der Waals surface area contributed by atoms with Crippen LogP contribution in [0, 0.1) is 5.92 Å². The van der Waals surface area contributed by atoms with Gasteiger partial charge in [-0.25, -0.2) is 9.78 Å². The molecule has 1 fully saturated rings. The number of pyridine rings is 1. The van der Waals surface area contributed by atoms with Crippen molar-refractivity contribution in [3.63, 3.8) is 0 Å². The number of H-pyrrole nitrogens is 1. The number of carbonyl (C=O) groups is 1. The van der Waals surface area contributed by atoms with E-state index >= 15 is 0 Å². The first-order valence-electron chi connectivity index (χ1n) is 9.02. The molecule has 29 heavy (non-hydrogen) atoms. The Morgan fingerprint density at radius 1 is 1.31 bits per heavy atom. The van der Waals surface area contributed by atoms with Crippen molar-refractivity contribution in [3.8, 4) is 0 Å². The van der Waals surface area contributed by atoms with E-state index in [1.54, 1.807) is 18.2 Å². The summed E-state index contributed by atoms with van der Waals surface area (Å²) >= 11 is 0. The minimum Gasteiger partial charge on any atom is -0.408 e. The minimum atomic E-state index is -4.52. The number of benzene rings is 1. The monoisotopic (exact) mass is 406 g/mol. The van der Waals surface area contributed by atoms with Crippen LogP contribution in [0.3, 0.4) is 0 Å². The number of carbonyl (C=O) groups excluding carboxylic acids is 1. The zero-order valence-electron chi connectivity index (χ0n) is 15.1. The smallest absolute Gasteiger partial charge is 0.408 e. The number of fused-ring (bicyclic) bond motifs is 1. The van der Waals surface area contributed by atoms with E-state index in [4.69, 9.17) is 4.42 Å². The second-order valence-corrected chi connectivity index (χ2v) is 6.87. The molecular weight excluding hydrogens is 389 g/mol. The number of oxazole rings is 1. The molecule has 0 spiro atoms. The van der Waals surface area contributed by atoms with E-state index in [0.29, 0.717) is 36.2 Å². The van der Waals surface area contributed by atoms with Crippen LogP contribution in [0.2, 0.25) is 0 Å². The van der Waals surface area contributed by atoms with E-state index < -0.39 is 23.4 Å². The van der Waals surface area contributed by atoms with Crippen molar-refractivity contribution in [2.75, 3.05) is 23.3 Å². The van der Waals surface area contributed by atoms with Crippen LogP contribution < -0.4 is 16.0 Å². The van der Waals surface area contributed by atoms with Crippen LogP contribution in [-0.4, -0.2) is 29.0 Å². The van der Waals surface area contributed by atoms with Gasteiger partial charge in [-0.05, 0) is 43.2 Å². The number of aromatic nitrogens is 2. The Bertz CT molecular complexity index is 1110. The highest BCUT2D eigenvalue weighted by molar-refractivity contribution is 5.94. The topological polar surface area (TPSA) is 91.2 Å². The molecule has 0 aliphatic carbocycles. The lowest BCUT2D eigenvalue weighted by molar-refractivity contribution is -0.137. The maximum Gasteiger partial charge on any atom is 0.419 e. The fraction of sp³-hybridized carbons (Fsp3) is 0.316. The van der Waals surface area contributed by atoms with E-state index in [1.165, 1.54) is 17.2 Å². The van der Waals surface area contributed by atoms with Crippen LogP contribution in [0.25, 0.3) is 11.1 Å². The Labute approximate surface area is 162 Å². The summed E-state index contributed by atoms with van der Waals surface area (Å²) in [6.45, 7) is 0.531. The Hall–Kier alpha value is -3.30. The van der Waals surface area contributed by atoms with Gasteiger partial charge in [0.1, 0.15) is 5.82 Å². The first-order chi connectivity index (χ1) is 13.8. The molecule has 1 amide bonds. The number of hydrogen-bond donors (Lipinski definition) is 2. The molecule has 1 aliphatic heterocycles. The van der Waals surface area contributed by atoms with Crippen molar-refractivity contribution in [3.05, 3.63) is 52.6 Å². The fourth-order valence-electron chi connectivity index (χ4n) is 3.53. The zero-order valence-corrected chi connectivity index (χ0v) is 15.1. The molecule has 3 aromatic rings. The Morgan fingerprint density at radius 3 is 2.93 bits per heavy atom. The third kappa shape index (κ3) is 3.96. The molecule has 0 unspecified atom stereocenters. The molecule has 4 rings (SSSR count). The van der Waals surface area contributed by atoms with Gasteiger partial charge in [-0.1, -0.05) is 0 Å². The number of hydrogen-bond acceptors (Lipinski definition) is 5. The van der Waals surface area contributed by atoms with E-state index in [-0.39, 0.29) is 18.3 Å². The molecule has 2 aromatic heterocycles. The molecule has 1 atom stereocenters. The highest BCUT2D eigenvalue weighted by Crippen LogP contribution is 2.36. The quantitative estimate of drug-likeness (QED) is 0.696. The predicted molar refractivity (Wildman–Crippen MR) is 99.6 cm³/mol. The SMILES string of the molecule is O=C(Nc1ccc2oc(=O)[nH]c2c1)[C@H]1CCCN(c2ncccc2C(F)(F)F)C1. The second-order valence-electron chi connectivity index (χ2n) is 6.87. The summed E-state index contributed by atoms with van der Waals surface area (Å²) in [5.41, 5.74) is 0.467. The third-order valence-corrected chi connectivity index (χ3v) is 4.87. The number of alkyl halides is 3. The molecule has 0 radical (unpaired) electrons. The molecule has 1 aliphatic rings.